The minimum atomic E-state index is -0.422. The highest BCUT2D eigenvalue weighted by atomic mass is 32.1. The fourth-order valence-corrected chi connectivity index (χ4v) is 4.92. The van der Waals surface area contributed by atoms with Crippen molar-refractivity contribution in [1.82, 2.24) is 20.4 Å². The van der Waals surface area contributed by atoms with E-state index in [0.717, 1.165) is 41.3 Å². The third-order valence-electron chi connectivity index (χ3n) is 5.58. The number of aromatic nitrogens is 4. The molecule has 0 aromatic carbocycles. The maximum atomic E-state index is 12.6. The molecule has 192 valence electrons. The van der Waals surface area contributed by atoms with E-state index in [-0.39, 0.29) is 17.7 Å². The Morgan fingerprint density at radius 3 is 1.78 bits per heavy atom. The zero-order valence-corrected chi connectivity index (χ0v) is 22.6. The fraction of sp³-hybridized carbons (Fsp3) is 0.385. The highest BCUT2D eigenvalue weighted by Gasteiger charge is 2.21. The number of nitrogens with one attached hydrogen (secondary N) is 2. The number of anilines is 2. The maximum Gasteiger partial charge on any atom is 0.234 e. The van der Waals surface area contributed by atoms with Crippen LogP contribution in [0.25, 0.3) is 0 Å². The Hall–Kier alpha value is -3.24. The molecule has 2 aromatic rings. The van der Waals surface area contributed by atoms with Crippen LogP contribution in [0, 0.1) is 11.8 Å². The van der Waals surface area contributed by atoms with Crippen molar-refractivity contribution >= 4 is 44.8 Å². The Morgan fingerprint density at radius 2 is 1.33 bits per heavy atom. The van der Waals surface area contributed by atoms with E-state index in [1.54, 1.807) is 18.2 Å². The summed E-state index contributed by atoms with van der Waals surface area (Å²) in [5, 5.41) is 25.0. The summed E-state index contributed by atoms with van der Waals surface area (Å²) in [7, 11) is 0. The zero-order chi connectivity index (χ0) is 26.5. The molecule has 0 radical (unpaired) electrons. The summed E-state index contributed by atoms with van der Waals surface area (Å²) in [4.78, 5) is 25.1. The summed E-state index contributed by atoms with van der Waals surface area (Å²) in [5.41, 5.74) is 1.64. The standard InChI is InChI=1S/C26H34N6O2S2/c1-7-13-19(17(5)9-3)23(33)27-25-31-29-21(35-25)15-11-12-16-22-30-32-26(36-22)28-24(34)20(14-8-2)18(6)10-4/h7-10,19-20H,1-3,5,11-16H2,4,6H3,(H,27,31,33)(H,28,32,34)/b18-10+. The van der Waals surface area contributed by atoms with E-state index in [0.29, 0.717) is 28.7 Å². The van der Waals surface area contributed by atoms with Gasteiger partial charge in [-0.05, 0) is 45.1 Å². The lowest BCUT2D eigenvalue weighted by molar-refractivity contribution is -0.119. The summed E-state index contributed by atoms with van der Waals surface area (Å²) in [6.45, 7) is 18.9. The predicted molar refractivity (Wildman–Crippen MR) is 149 cm³/mol. The van der Waals surface area contributed by atoms with Crippen molar-refractivity contribution in [2.75, 3.05) is 10.6 Å². The molecule has 2 rings (SSSR count). The summed E-state index contributed by atoms with van der Waals surface area (Å²) >= 11 is 2.75. The minimum absolute atomic E-state index is 0.100. The van der Waals surface area contributed by atoms with Crippen LogP contribution in [0.5, 0.6) is 0 Å². The van der Waals surface area contributed by atoms with Crippen LogP contribution in [0.2, 0.25) is 0 Å². The van der Waals surface area contributed by atoms with Crippen molar-refractivity contribution in [3.63, 3.8) is 0 Å². The Kier molecular flexibility index (Phi) is 12.1. The molecule has 0 aliphatic heterocycles. The number of hydrogen-bond acceptors (Lipinski definition) is 8. The van der Waals surface area contributed by atoms with Gasteiger partial charge in [0.25, 0.3) is 0 Å². The van der Waals surface area contributed by atoms with Crippen molar-refractivity contribution in [2.24, 2.45) is 11.8 Å². The van der Waals surface area contributed by atoms with Crippen molar-refractivity contribution in [2.45, 2.75) is 52.4 Å². The summed E-state index contributed by atoms with van der Waals surface area (Å²) in [6, 6.07) is 0. The van der Waals surface area contributed by atoms with Crippen LogP contribution in [0.4, 0.5) is 10.3 Å². The molecule has 0 fully saturated rings. The first-order valence-corrected chi connectivity index (χ1v) is 13.4. The first-order chi connectivity index (χ1) is 17.3. The van der Waals surface area contributed by atoms with Gasteiger partial charge in [0, 0.05) is 12.8 Å². The van der Waals surface area contributed by atoms with Gasteiger partial charge in [0.05, 0.1) is 11.8 Å². The van der Waals surface area contributed by atoms with E-state index in [2.05, 4.69) is 57.3 Å². The number of unbranched alkanes of at least 4 members (excludes halogenated alkanes) is 1. The number of aryl methyl sites for hydroxylation is 2. The average molecular weight is 527 g/mol. The van der Waals surface area contributed by atoms with Gasteiger partial charge in [-0.15, -0.1) is 33.6 Å². The molecule has 0 bridgehead atoms. The second-order valence-corrected chi connectivity index (χ2v) is 10.3. The first-order valence-electron chi connectivity index (χ1n) is 11.7. The van der Waals surface area contributed by atoms with Crippen LogP contribution in [0.15, 0.2) is 61.8 Å². The van der Waals surface area contributed by atoms with Crippen LogP contribution < -0.4 is 10.6 Å². The van der Waals surface area contributed by atoms with Gasteiger partial charge in [0.15, 0.2) is 0 Å². The molecule has 36 heavy (non-hydrogen) atoms. The molecular formula is C26H34N6O2S2. The number of amides is 2. The maximum absolute atomic E-state index is 12.6. The second-order valence-electron chi connectivity index (χ2n) is 8.15. The minimum Gasteiger partial charge on any atom is -0.300 e. The van der Waals surface area contributed by atoms with Crippen molar-refractivity contribution in [1.29, 1.82) is 0 Å². The van der Waals surface area contributed by atoms with Crippen LogP contribution in [-0.2, 0) is 22.4 Å². The van der Waals surface area contributed by atoms with Gasteiger partial charge >= 0.3 is 0 Å². The third kappa shape index (κ3) is 8.76. The SMILES string of the molecule is C=CCC(C(=C)C=C)C(=O)Nc1nnc(CCCCc2nnc(NC(=O)C(CC=C)/C(C)=C/C)s2)s1. The molecule has 2 N–H and O–H groups in total. The smallest absolute Gasteiger partial charge is 0.234 e. The third-order valence-corrected chi connectivity index (χ3v) is 7.37. The molecule has 2 atom stereocenters. The molecule has 10 heteroatoms. The van der Waals surface area contributed by atoms with Crippen LogP contribution in [-0.4, -0.2) is 32.2 Å². The first kappa shape index (κ1) is 29.0. The molecule has 0 saturated carbocycles. The van der Waals surface area contributed by atoms with E-state index in [9.17, 15) is 9.59 Å². The molecule has 0 spiro atoms. The number of allylic oxidation sites excluding steroid dienone is 4. The molecular weight excluding hydrogens is 492 g/mol. The lowest BCUT2D eigenvalue weighted by atomic mass is 9.96. The lowest BCUT2D eigenvalue weighted by Gasteiger charge is -2.14. The molecule has 0 saturated heterocycles. The molecule has 2 aromatic heterocycles. The van der Waals surface area contributed by atoms with Gasteiger partial charge in [-0.2, -0.15) is 0 Å². The Labute approximate surface area is 221 Å². The van der Waals surface area contributed by atoms with Gasteiger partial charge in [-0.1, -0.05) is 65.7 Å². The van der Waals surface area contributed by atoms with Crippen molar-refractivity contribution in [3.05, 3.63) is 71.8 Å². The number of hydrogen-bond donors (Lipinski definition) is 2. The van der Waals surface area contributed by atoms with E-state index in [4.69, 9.17) is 0 Å². The predicted octanol–water partition coefficient (Wildman–Crippen LogP) is 5.93. The van der Waals surface area contributed by atoms with E-state index in [1.165, 1.54) is 22.7 Å². The number of rotatable bonds is 16. The molecule has 2 heterocycles. The fourth-order valence-electron chi connectivity index (χ4n) is 3.35. The molecule has 0 aliphatic rings. The van der Waals surface area contributed by atoms with Crippen molar-refractivity contribution < 1.29 is 9.59 Å². The Balaban J connectivity index is 1.80. The normalized spacial score (nSPS) is 12.9. The molecule has 2 amide bonds. The Morgan fingerprint density at radius 1 is 0.861 bits per heavy atom. The lowest BCUT2D eigenvalue weighted by Crippen LogP contribution is -2.23. The van der Waals surface area contributed by atoms with Crippen LogP contribution in [0.1, 0.15) is 49.5 Å². The topological polar surface area (TPSA) is 110 Å². The largest absolute Gasteiger partial charge is 0.300 e. The molecule has 2 unspecified atom stereocenters. The van der Waals surface area contributed by atoms with Gasteiger partial charge in [-0.25, -0.2) is 0 Å². The number of nitrogens with zero attached hydrogens (tertiary/aromatic N) is 4. The van der Waals surface area contributed by atoms with Gasteiger partial charge in [0.1, 0.15) is 10.0 Å². The summed E-state index contributed by atoms with van der Waals surface area (Å²) < 4.78 is 0. The van der Waals surface area contributed by atoms with Crippen LogP contribution in [0.3, 0.4) is 0 Å². The number of carbonyl (C=O) groups is 2. The number of carbonyl (C=O) groups excluding carboxylic acids is 2. The van der Waals surface area contributed by atoms with Gasteiger partial charge < -0.3 is 0 Å². The zero-order valence-electron chi connectivity index (χ0n) is 21.0. The van der Waals surface area contributed by atoms with E-state index >= 15 is 0 Å². The van der Waals surface area contributed by atoms with E-state index in [1.807, 2.05) is 19.9 Å². The van der Waals surface area contributed by atoms with Crippen LogP contribution >= 0.6 is 22.7 Å². The monoisotopic (exact) mass is 526 g/mol. The van der Waals surface area contributed by atoms with Gasteiger partial charge in [-0.3, -0.25) is 20.2 Å². The highest BCUT2D eigenvalue weighted by molar-refractivity contribution is 7.15. The second kappa shape index (κ2) is 15.0. The van der Waals surface area contributed by atoms with Gasteiger partial charge in [0.2, 0.25) is 22.1 Å². The Bertz CT molecular complexity index is 1050. The van der Waals surface area contributed by atoms with E-state index < -0.39 is 5.92 Å². The highest BCUT2D eigenvalue weighted by Crippen LogP contribution is 2.24. The van der Waals surface area contributed by atoms with Crippen molar-refractivity contribution in [3.8, 4) is 0 Å². The molecule has 0 aliphatic carbocycles. The quantitative estimate of drug-likeness (QED) is 0.159. The summed E-state index contributed by atoms with van der Waals surface area (Å²) in [6.07, 6.45) is 11.3. The summed E-state index contributed by atoms with van der Waals surface area (Å²) in [5.74, 6) is -0.973. The molecule has 8 nitrogen and oxygen atoms in total. The average Bonchev–Trinajstić information content (AvgIpc) is 3.51.